The molecule has 0 aromatic carbocycles. The van der Waals surface area contributed by atoms with Crippen LogP contribution in [0.4, 0.5) is 5.69 Å². The Morgan fingerprint density at radius 3 is 2.83 bits per heavy atom. The summed E-state index contributed by atoms with van der Waals surface area (Å²) in [7, 11) is 0. The summed E-state index contributed by atoms with van der Waals surface area (Å²) in [5.74, 6) is 0.909. The minimum atomic E-state index is 0.594. The van der Waals surface area contributed by atoms with Gasteiger partial charge in [0.1, 0.15) is 0 Å². The Kier molecular flexibility index (Phi) is 3.50. The van der Waals surface area contributed by atoms with E-state index in [4.69, 9.17) is 5.73 Å². The van der Waals surface area contributed by atoms with Gasteiger partial charge in [0, 0.05) is 42.8 Å². The number of hydrogen-bond acceptors (Lipinski definition) is 3. The fraction of sp³-hybridized carbons (Fsp3) is 0.667. The minimum absolute atomic E-state index is 0.594. The molecule has 18 heavy (non-hydrogen) atoms. The van der Waals surface area contributed by atoms with Crippen molar-refractivity contribution >= 4 is 5.69 Å². The van der Waals surface area contributed by atoms with E-state index in [9.17, 15) is 0 Å². The molecule has 1 aromatic rings. The van der Waals surface area contributed by atoms with Crippen molar-refractivity contribution < 1.29 is 0 Å². The summed E-state index contributed by atoms with van der Waals surface area (Å²) in [6, 6.07) is 2.90. The summed E-state index contributed by atoms with van der Waals surface area (Å²) in [5, 5.41) is 0. The summed E-state index contributed by atoms with van der Waals surface area (Å²) in [6.07, 6.45) is 12.2. The van der Waals surface area contributed by atoms with Crippen LogP contribution in [0.15, 0.2) is 18.5 Å². The normalized spacial score (nSPS) is 24.9. The second-order valence-corrected chi connectivity index (χ2v) is 5.66. The second kappa shape index (κ2) is 5.27. The van der Waals surface area contributed by atoms with Gasteiger partial charge >= 0.3 is 0 Å². The maximum atomic E-state index is 5.85. The van der Waals surface area contributed by atoms with E-state index in [2.05, 4.69) is 16.0 Å². The molecule has 0 spiro atoms. The fourth-order valence-electron chi connectivity index (χ4n) is 3.78. The van der Waals surface area contributed by atoms with Gasteiger partial charge in [0.05, 0.1) is 0 Å². The summed E-state index contributed by atoms with van der Waals surface area (Å²) in [4.78, 5) is 6.81. The SMILES string of the molecule is NCc1cnccc1N1CCCC1C1CCCC1. The number of rotatable bonds is 3. The molecule has 2 aliphatic rings. The molecule has 0 radical (unpaired) electrons. The first-order valence-corrected chi connectivity index (χ1v) is 7.29. The highest BCUT2D eigenvalue weighted by Gasteiger charge is 2.33. The van der Waals surface area contributed by atoms with Crippen LogP contribution >= 0.6 is 0 Å². The van der Waals surface area contributed by atoms with Crippen molar-refractivity contribution in [2.45, 2.75) is 51.1 Å². The lowest BCUT2D eigenvalue weighted by Crippen LogP contribution is -2.35. The van der Waals surface area contributed by atoms with Gasteiger partial charge in [0.2, 0.25) is 0 Å². The summed E-state index contributed by atoms with van der Waals surface area (Å²) in [5.41, 5.74) is 8.38. The quantitative estimate of drug-likeness (QED) is 0.890. The van der Waals surface area contributed by atoms with Crippen molar-refractivity contribution in [2.75, 3.05) is 11.4 Å². The number of hydrogen-bond donors (Lipinski definition) is 1. The van der Waals surface area contributed by atoms with Crippen LogP contribution in [0.2, 0.25) is 0 Å². The highest BCUT2D eigenvalue weighted by atomic mass is 15.2. The van der Waals surface area contributed by atoms with Crippen LogP contribution in [0.25, 0.3) is 0 Å². The molecule has 2 fully saturated rings. The van der Waals surface area contributed by atoms with E-state index in [-0.39, 0.29) is 0 Å². The van der Waals surface area contributed by atoms with Gasteiger partial charge in [0.25, 0.3) is 0 Å². The smallest absolute Gasteiger partial charge is 0.0445 e. The third-order valence-electron chi connectivity index (χ3n) is 4.65. The Morgan fingerprint density at radius 2 is 2.06 bits per heavy atom. The number of anilines is 1. The Hall–Kier alpha value is -1.09. The monoisotopic (exact) mass is 245 g/mol. The molecule has 1 aliphatic carbocycles. The highest BCUT2D eigenvalue weighted by Crippen LogP contribution is 2.38. The van der Waals surface area contributed by atoms with E-state index in [1.165, 1.54) is 56.3 Å². The van der Waals surface area contributed by atoms with Crippen LogP contribution in [0.3, 0.4) is 0 Å². The lowest BCUT2D eigenvalue weighted by atomic mass is 9.95. The predicted molar refractivity (Wildman–Crippen MR) is 74.5 cm³/mol. The molecule has 0 amide bonds. The molecule has 2 heterocycles. The van der Waals surface area contributed by atoms with Gasteiger partial charge in [-0.1, -0.05) is 12.8 Å². The molecule has 1 aromatic heterocycles. The summed E-state index contributed by atoms with van der Waals surface area (Å²) < 4.78 is 0. The first kappa shape index (κ1) is 12.0. The van der Waals surface area contributed by atoms with Crippen LogP contribution in [0.5, 0.6) is 0 Å². The maximum Gasteiger partial charge on any atom is 0.0445 e. The summed E-state index contributed by atoms with van der Waals surface area (Å²) >= 11 is 0. The van der Waals surface area contributed by atoms with E-state index in [0.29, 0.717) is 6.54 Å². The van der Waals surface area contributed by atoms with Crippen LogP contribution in [-0.4, -0.2) is 17.6 Å². The first-order chi connectivity index (χ1) is 8.90. The van der Waals surface area contributed by atoms with Crippen molar-refractivity contribution in [3.05, 3.63) is 24.0 Å². The standard InChI is InChI=1S/C15H23N3/c16-10-13-11-17-8-7-15(13)18-9-3-6-14(18)12-4-1-2-5-12/h7-8,11-12,14H,1-6,9-10,16H2. The molecule has 0 bridgehead atoms. The van der Waals surface area contributed by atoms with Crippen molar-refractivity contribution in [1.82, 2.24) is 4.98 Å². The Morgan fingerprint density at radius 1 is 1.22 bits per heavy atom. The van der Waals surface area contributed by atoms with Crippen molar-refractivity contribution in [1.29, 1.82) is 0 Å². The largest absolute Gasteiger partial charge is 0.368 e. The lowest BCUT2D eigenvalue weighted by molar-refractivity contribution is 0.430. The molecule has 1 saturated heterocycles. The zero-order chi connectivity index (χ0) is 12.4. The third kappa shape index (κ3) is 2.12. The second-order valence-electron chi connectivity index (χ2n) is 5.66. The van der Waals surface area contributed by atoms with Gasteiger partial charge < -0.3 is 10.6 Å². The lowest BCUT2D eigenvalue weighted by Gasteiger charge is -2.32. The maximum absolute atomic E-state index is 5.85. The molecule has 1 unspecified atom stereocenters. The Labute approximate surface area is 109 Å². The van der Waals surface area contributed by atoms with Gasteiger partial charge in [-0.25, -0.2) is 0 Å². The molecule has 3 nitrogen and oxygen atoms in total. The van der Waals surface area contributed by atoms with Gasteiger partial charge in [-0.05, 0) is 37.7 Å². The van der Waals surface area contributed by atoms with Crippen molar-refractivity contribution in [2.24, 2.45) is 11.7 Å². The summed E-state index contributed by atoms with van der Waals surface area (Å²) in [6.45, 7) is 1.79. The zero-order valence-electron chi connectivity index (χ0n) is 11.0. The molecule has 1 atom stereocenters. The third-order valence-corrected chi connectivity index (χ3v) is 4.65. The molecule has 1 saturated carbocycles. The molecular formula is C15H23N3. The molecule has 2 N–H and O–H groups in total. The van der Waals surface area contributed by atoms with E-state index in [0.717, 1.165) is 12.0 Å². The number of pyridine rings is 1. The van der Waals surface area contributed by atoms with Crippen LogP contribution in [-0.2, 0) is 6.54 Å². The molecular weight excluding hydrogens is 222 g/mol. The average Bonchev–Trinajstić information content (AvgIpc) is 3.09. The Balaban J connectivity index is 1.85. The van der Waals surface area contributed by atoms with Gasteiger partial charge in [-0.2, -0.15) is 0 Å². The van der Waals surface area contributed by atoms with Crippen LogP contribution < -0.4 is 10.6 Å². The van der Waals surface area contributed by atoms with Gasteiger partial charge in [-0.3, -0.25) is 4.98 Å². The minimum Gasteiger partial charge on any atom is -0.368 e. The van der Waals surface area contributed by atoms with Crippen LogP contribution in [0.1, 0.15) is 44.1 Å². The number of nitrogens with two attached hydrogens (primary N) is 1. The average molecular weight is 245 g/mol. The van der Waals surface area contributed by atoms with E-state index in [1.807, 2.05) is 12.4 Å². The molecule has 98 valence electrons. The van der Waals surface area contributed by atoms with Gasteiger partial charge in [-0.15, -0.1) is 0 Å². The van der Waals surface area contributed by atoms with Crippen LogP contribution in [0, 0.1) is 5.92 Å². The molecule has 3 rings (SSSR count). The first-order valence-electron chi connectivity index (χ1n) is 7.29. The molecule has 1 aliphatic heterocycles. The van der Waals surface area contributed by atoms with Crippen molar-refractivity contribution in [3.8, 4) is 0 Å². The number of aromatic nitrogens is 1. The molecule has 3 heteroatoms. The highest BCUT2D eigenvalue weighted by molar-refractivity contribution is 5.54. The van der Waals surface area contributed by atoms with E-state index >= 15 is 0 Å². The fourth-order valence-corrected chi connectivity index (χ4v) is 3.78. The predicted octanol–water partition coefficient (Wildman–Crippen LogP) is 2.70. The van der Waals surface area contributed by atoms with E-state index < -0.39 is 0 Å². The van der Waals surface area contributed by atoms with Crippen molar-refractivity contribution in [3.63, 3.8) is 0 Å². The number of nitrogens with zero attached hydrogens (tertiary/aromatic N) is 2. The zero-order valence-corrected chi connectivity index (χ0v) is 11.0. The van der Waals surface area contributed by atoms with Gasteiger partial charge in [0.15, 0.2) is 0 Å². The topological polar surface area (TPSA) is 42.1 Å². The van der Waals surface area contributed by atoms with E-state index in [1.54, 1.807) is 0 Å². The Bertz CT molecular complexity index is 398.